The highest BCUT2D eigenvalue weighted by Crippen LogP contribution is 2.01. The fourth-order valence-electron chi connectivity index (χ4n) is 1.15. The predicted octanol–water partition coefficient (Wildman–Crippen LogP) is 4.07. The van der Waals surface area contributed by atoms with Crippen molar-refractivity contribution in [2.45, 2.75) is 20.8 Å². The van der Waals surface area contributed by atoms with Crippen LogP contribution in [0.15, 0.2) is 65.5 Å². The van der Waals surface area contributed by atoms with Gasteiger partial charge in [-0.05, 0) is 26.3 Å². The Hall–Kier alpha value is -1.83. The molecule has 0 saturated carbocycles. The minimum Gasteiger partial charge on any atom is -0.270 e. The molecule has 0 aliphatic carbocycles. The van der Waals surface area contributed by atoms with Crippen LogP contribution in [0, 0.1) is 0 Å². The summed E-state index contributed by atoms with van der Waals surface area (Å²) in [6, 6.07) is 0. The van der Waals surface area contributed by atoms with Crippen molar-refractivity contribution in [3.8, 4) is 0 Å². The zero-order valence-corrected chi connectivity index (χ0v) is 11.1. The van der Waals surface area contributed by atoms with E-state index in [0.29, 0.717) is 6.54 Å². The van der Waals surface area contributed by atoms with Crippen LogP contribution in [0.2, 0.25) is 0 Å². The number of hydrazone groups is 1. The lowest BCUT2D eigenvalue weighted by Gasteiger charge is -2.11. The van der Waals surface area contributed by atoms with Gasteiger partial charge in [0.2, 0.25) is 0 Å². The molecule has 0 spiro atoms. The van der Waals surface area contributed by atoms with E-state index in [2.05, 4.69) is 18.4 Å². The minimum atomic E-state index is 0.704. The molecule has 0 atom stereocenters. The third-order valence-electron chi connectivity index (χ3n) is 1.91. The van der Waals surface area contributed by atoms with Crippen LogP contribution in [-0.2, 0) is 0 Å². The summed E-state index contributed by atoms with van der Waals surface area (Å²) in [6.45, 7) is 14.0. The Morgan fingerprint density at radius 1 is 1.35 bits per heavy atom. The Labute approximate surface area is 105 Å². The molecule has 2 nitrogen and oxygen atoms in total. The Morgan fingerprint density at radius 2 is 2.06 bits per heavy atom. The van der Waals surface area contributed by atoms with Crippen molar-refractivity contribution < 1.29 is 0 Å². The average molecular weight is 230 g/mol. The number of allylic oxidation sites excluding steroid dienone is 7. The first-order chi connectivity index (χ1) is 8.13. The third-order valence-corrected chi connectivity index (χ3v) is 1.91. The smallest absolute Gasteiger partial charge is 0.0592 e. The van der Waals surface area contributed by atoms with Gasteiger partial charge in [-0.3, -0.25) is 5.01 Å². The topological polar surface area (TPSA) is 15.6 Å². The van der Waals surface area contributed by atoms with E-state index in [-0.39, 0.29) is 0 Å². The van der Waals surface area contributed by atoms with Gasteiger partial charge in [0.15, 0.2) is 0 Å². The van der Waals surface area contributed by atoms with E-state index in [1.807, 2.05) is 63.4 Å². The van der Waals surface area contributed by atoms with E-state index in [0.717, 1.165) is 5.57 Å². The van der Waals surface area contributed by atoms with Crippen LogP contribution in [0.4, 0.5) is 0 Å². The van der Waals surface area contributed by atoms with Crippen molar-refractivity contribution in [3.05, 3.63) is 60.4 Å². The molecule has 0 saturated heterocycles. The number of hydrogen-bond donors (Lipinski definition) is 0. The molecule has 0 fully saturated rings. The standard InChI is InChI=1S/C15H22N2/c1-6-8-10-15(7-2)11-9-12-17(16-5)13-14(3)4/h6-11,13H,2,5,12H2,1,3-4H3/b8-6-,11-9+,15-10+. The summed E-state index contributed by atoms with van der Waals surface area (Å²) in [5.41, 5.74) is 2.27. The molecule has 0 bridgehead atoms. The van der Waals surface area contributed by atoms with E-state index >= 15 is 0 Å². The molecule has 92 valence electrons. The van der Waals surface area contributed by atoms with E-state index in [1.165, 1.54) is 5.57 Å². The van der Waals surface area contributed by atoms with Gasteiger partial charge in [0.05, 0.1) is 6.54 Å². The van der Waals surface area contributed by atoms with Crippen LogP contribution in [0.5, 0.6) is 0 Å². The van der Waals surface area contributed by atoms with Crippen molar-refractivity contribution in [2.24, 2.45) is 5.10 Å². The second kappa shape index (κ2) is 9.40. The maximum Gasteiger partial charge on any atom is 0.0592 e. The fourth-order valence-corrected chi connectivity index (χ4v) is 1.15. The molecule has 0 aliphatic heterocycles. The third kappa shape index (κ3) is 8.03. The quantitative estimate of drug-likeness (QED) is 0.365. The summed E-state index contributed by atoms with van der Waals surface area (Å²) in [5, 5.41) is 5.70. The first-order valence-corrected chi connectivity index (χ1v) is 5.64. The minimum absolute atomic E-state index is 0.704. The molecule has 0 rings (SSSR count). The van der Waals surface area contributed by atoms with Gasteiger partial charge in [0.25, 0.3) is 0 Å². The van der Waals surface area contributed by atoms with E-state index in [4.69, 9.17) is 0 Å². The summed E-state index contributed by atoms with van der Waals surface area (Å²) in [7, 11) is 0. The molecule has 0 unspecified atom stereocenters. The van der Waals surface area contributed by atoms with Crippen LogP contribution in [0.1, 0.15) is 20.8 Å². The van der Waals surface area contributed by atoms with Crippen molar-refractivity contribution >= 4 is 6.72 Å². The van der Waals surface area contributed by atoms with Crippen molar-refractivity contribution in [2.75, 3.05) is 6.54 Å². The molecule has 2 heteroatoms. The summed E-state index contributed by atoms with van der Waals surface area (Å²) >= 11 is 0. The summed E-state index contributed by atoms with van der Waals surface area (Å²) in [5.74, 6) is 0. The number of nitrogens with zero attached hydrogens (tertiary/aromatic N) is 2. The van der Waals surface area contributed by atoms with Gasteiger partial charge in [-0.25, -0.2) is 0 Å². The first-order valence-electron chi connectivity index (χ1n) is 5.64. The maximum atomic E-state index is 3.91. The fraction of sp³-hybridized carbons (Fsp3) is 0.267. The van der Waals surface area contributed by atoms with Crippen molar-refractivity contribution in [1.29, 1.82) is 0 Å². The molecule has 0 amide bonds. The van der Waals surface area contributed by atoms with Gasteiger partial charge < -0.3 is 0 Å². The highest BCUT2D eigenvalue weighted by Gasteiger charge is 1.91. The van der Waals surface area contributed by atoms with Gasteiger partial charge in [0.1, 0.15) is 0 Å². The van der Waals surface area contributed by atoms with Gasteiger partial charge in [0, 0.05) is 12.9 Å². The lowest BCUT2D eigenvalue weighted by molar-refractivity contribution is 0.444. The first kappa shape index (κ1) is 15.2. The maximum absolute atomic E-state index is 3.91. The lowest BCUT2D eigenvalue weighted by Crippen LogP contribution is -2.09. The van der Waals surface area contributed by atoms with E-state index in [1.54, 1.807) is 5.01 Å². The highest BCUT2D eigenvalue weighted by atomic mass is 15.4. The van der Waals surface area contributed by atoms with Crippen LogP contribution in [0.3, 0.4) is 0 Å². The van der Waals surface area contributed by atoms with Crippen LogP contribution < -0.4 is 0 Å². The SMILES string of the molecule is C=CC(/C=C/CN(C=C(C)C)N=C)=C\C=C/C. The van der Waals surface area contributed by atoms with Gasteiger partial charge in [-0.15, -0.1) is 0 Å². The summed E-state index contributed by atoms with van der Waals surface area (Å²) < 4.78 is 0. The second-order valence-electron chi connectivity index (χ2n) is 3.77. The second-order valence-corrected chi connectivity index (χ2v) is 3.77. The van der Waals surface area contributed by atoms with Gasteiger partial charge in [-0.2, -0.15) is 5.10 Å². The molecule has 0 aromatic heterocycles. The van der Waals surface area contributed by atoms with Crippen molar-refractivity contribution in [3.63, 3.8) is 0 Å². The molecule has 0 aliphatic rings. The molecule has 0 heterocycles. The average Bonchev–Trinajstić information content (AvgIpc) is 2.31. The molecule has 0 N–H and O–H groups in total. The van der Waals surface area contributed by atoms with Crippen LogP contribution in [-0.4, -0.2) is 18.3 Å². The van der Waals surface area contributed by atoms with Crippen LogP contribution >= 0.6 is 0 Å². The van der Waals surface area contributed by atoms with Crippen LogP contribution in [0.25, 0.3) is 0 Å². The van der Waals surface area contributed by atoms with Gasteiger partial charge in [-0.1, -0.05) is 48.6 Å². The number of rotatable bonds is 7. The summed E-state index contributed by atoms with van der Waals surface area (Å²) in [4.78, 5) is 0. The van der Waals surface area contributed by atoms with Crippen molar-refractivity contribution in [1.82, 2.24) is 5.01 Å². The molecule has 0 radical (unpaired) electrons. The molecular weight excluding hydrogens is 208 g/mol. The van der Waals surface area contributed by atoms with E-state index < -0.39 is 0 Å². The van der Waals surface area contributed by atoms with Gasteiger partial charge >= 0.3 is 0 Å². The van der Waals surface area contributed by atoms with E-state index in [9.17, 15) is 0 Å². The monoisotopic (exact) mass is 230 g/mol. The summed E-state index contributed by atoms with van der Waals surface area (Å²) in [6.07, 6.45) is 13.8. The molecular formula is C15H22N2. The Morgan fingerprint density at radius 3 is 2.53 bits per heavy atom. The molecule has 0 aromatic carbocycles. The Bertz CT molecular complexity index is 353. The molecule has 0 aromatic rings. The zero-order valence-electron chi connectivity index (χ0n) is 11.1. The Kier molecular flexibility index (Phi) is 8.39. The highest BCUT2D eigenvalue weighted by molar-refractivity contribution is 5.32. The predicted molar refractivity (Wildman–Crippen MR) is 77.9 cm³/mol. The Balaban J connectivity index is 4.47. The largest absolute Gasteiger partial charge is 0.270 e. The molecule has 17 heavy (non-hydrogen) atoms. The lowest BCUT2D eigenvalue weighted by atomic mass is 10.2. The zero-order chi connectivity index (χ0) is 13.1. The number of hydrogen-bond acceptors (Lipinski definition) is 2. The normalized spacial score (nSPS) is 11.8.